The summed E-state index contributed by atoms with van der Waals surface area (Å²) in [5.41, 5.74) is 0. The zero-order chi connectivity index (χ0) is 35.0. The van der Waals surface area contributed by atoms with Crippen LogP contribution >= 0.6 is 0 Å². The molecule has 0 radical (unpaired) electrons. The molecule has 0 bridgehead atoms. The van der Waals surface area contributed by atoms with Gasteiger partial charge < -0.3 is 10.2 Å². The Balaban J connectivity index is -0.000000682. The van der Waals surface area contributed by atoms with Gasteiger partial charge in [-0.25, -0.2) is 0 Å². The highest BCUT2D eigenvalue weighted by Gasteiger charge is 1.97. The molecule has 0 aromatic heterocycles. The molecular weight excluding hydrogens is 604 g/mol. The van der Waals surface area contributed by atoms with Crippen LogP contribution in [-0.4, -0.2) is 42.2 Å². The molecule has 0 aliphatic heterocycles. The van der Waals surface area contributed by atoms with Crippen molar-refractivity contribution in [3.05, 3.63) is 24.3 Å². The molecule has 0 aliphatic carbocycles. The summed E-state index contributed by atoms with van der Waals surface area (Å²) in [6, 6.07) is 0. The van der Waals surface area contributed by atoms with Gasteiger partial charge in [-0.3, -0.25) is 18.3 Å². The SMILES string of the molecule is CCCCCCCC/C=C\CCCCCCCC(=O)O.CCCCCCCC/C=C\CCCCCCCC(=O)O.COS(=O)(=O)O. The van der Waals surface area contributed by atoms with Crippen molar-refractivity contribution in [1.29, 1.82) is 0 Å². The molecule has 0 aromatic carbocycles. The van der Waals surface area contributed by atoms with Crippen LogP contribution in [0.1, 0.15) is 194 Å². The van der Waals surface area contributed by atoms with Crippen LogP contribution in [0.4, 0.5) is 0 Å². The smallest absolute Gasteiger partial charge is 0.397 e. The molecule has 9 heteroatoms. The van der Waals surface area contributed by atoms with E-state index in [2.05, 4.69) is 42.3 Å². The van der Waals surface area contributed by atoms with Crippen molar-refractivity contribution in [2.75, 3.05) is 7.11 Å². The number of carboxylic acid groups (broad SMARTS) is 2. The Morgan fingerprint density at radius 3 is 0.913 bits per heavy atom. The second-order valence-electron chi connectivity index (χ2n) is 12.1. The van der Waals surface area contributed by atoms with Crippen molar-refractivity contribution in [2.45, 2.75) is 194 Å². The van der Waals surface area contributed by atoms with Crippen LogP contribution in [0.25, 0.3) is 0 Å². The second kappa shape index (κ2) is 41.3. The average molecular weight is 677 g/mol. The van der Waals surface area contributed by atoms with Crippen molar-refractivity contribution in [3.63, 3.8) is 0 Å². The van der Waals surface area contributed by atoms with Gasteiger partial charge in [-0.2, -0.15) is 8.42 Å². The van der Waals surface area contributed by atoms with Gasteiger partial charge in [0.1, 0.15) is 0 Å². The van der Waals surface area contributed by atoms with Crippen molar-refractivity contribution in [1.82, 2.24) is 0 Å². The van der Waals surface area contributed by atoms with E-state index in [0.29, 0.717) is 12.8 Å². The first-order chi connectivity index (χ1) is 22.1. The fourth-order valence-corrected chi connectivity index (χ4v) is 4.69. The molecule has 0 aliphatic rings. The number of allylic oxidation sites excluding steroid dienone is 4. The normalized spacial score (nSPS) is 11.3. The van der Waals surface area contributed by atoms with Crippen molar-refractivity contribution in [3.8, 4) is 0 Å². The quantitative estimate of drug-likeness (QED) is 0.0374. The highest BCUT2D eigenvalue weighted by molar-refractivity contribution is 7.80. The third-order valence-corrected chi connectivity index (χ3v) is 7.94. The number of unbranched alkanes of at least 4 members (excludes halogenated alkanes) is 22. The van der Waals surface area contributed by atoms with Crippen LogP contribution < -0.4 is 0 Å². The molecule has 0 saturated carbocycles. The molecule has 0 rings (SSSR count). The lowest BCUT2D eigenvalue weighted by molar-refractivity contribution is -0.138. The number of hydrogen-bond acceptors (Lipinski definition) is 5. The van der Waals surface area contributed by atoms with Crippen LogP contribution in [0.2, 0.25) is 0 Å². The average Bonchev–Trinajstić information content (AvgIpc) is 3.01. The molecule has 3 N–H and O–H groups in total. The lowest BCUT2D eigenvalue weighted by atomic mass is 10.1. The van der Waals surface area contributed by atoms with Crippen molar-refractivity contribution >= 4 is 22.3 Å². The number of rotatable bonds is 31. The van der Waals surface area contributed by atoms with Gasteiger partial charge in [-0.05, 0) is 64.2 Å². The molecule has 0 heterocycles. The molecule has 0 spiro atoms. The van der Waals surface area contributed by atoms with E-state index in [1.165, 1.54) is 141 Å². The van der Waals surface area contributed by atoms with E-state index in [9.17, 15) is 18.0 Å². The summed E-state index contributed by atoms with van der Waals surface area (Å²) in [5.74, 6) is -1.33. The van der Waals surface area contributed by atoms with E-state index >= 15 is 0 Å². The Morgan fingerprint density at radius 1 is 0.478 bits per heavy atom. The van der Waals surface area contributed by atoms with Crippen LogP contribution in [0.5, 0.6) is 0 Å². The number of carbonyl (C=O) groups is 2. The highest BCUT2D eigenvalue weighted by Crippen LogP contribution is 2.11. The lowest BCUT2D eigenvalue weighted by Crippen LogP contribution is -1.96. The fraction of sp³-hybridized carbons (Fsp3) is 0.838. The zero-order valence-corrected chi connectivity index (χ0v) is 30.7. The first kappa shape index (κ1) is 48.7. The molecule has 0 amide bonds. The van der Waals surface area contributed by atoms with Crippen LogP contribution in [0.15, 0.2) is 24.3 Å². The minimum atomic E-state index is -4.16. The van der Waals surface area contributed by atoms with E-state index in [4.69, 9.17) is 14.8 Å². The van der Waals surface area contributed by atoms with Crippen LogP contribution in [0.3, 0.4) is 0 Å². The van der Waals surface area contributed by atoms with E-state index in [-0.39, 0.29) is 0 Å². The molecule has 0 aromatic rings. The Kier molecular flexibility index (Phi) is 43.7. The van der Waals surface area contributed by atoms with E-state index in [0.717, 1.165) is 32.8 Å². The maximum absolute atomic E-state index is 10.3. The van der Waals surface area contributed by atoms with Crippen LogP contribution in [-0.2, 0) is 24.2 Å². The predicted octanol–water partition coefficient (Wildman–Crippen LogP) is 11.7. The minimum absolute atomic E-state index is 0.332. The number of hydrogen-bond donors (Lipinski definition) is 3. The zero-order valence-electron chi connectivity index (χ0n) is 29.9. The molecule has 274 valence electrons. The Labute approximate surface area is 283 Å². The van der Waals surface area contributed by atoms with Gasteiger partial charge in [0.25, 0.3) is 0 Å². The third-order valence-electron chi connectivity index (χ3n) is 7.52. The Hall–Kier alpha value is -1.71. The summed E-state index contributed by atoms with van der Waals surface area (Å²) in [6.45, 7) is 4.52. The summed E-state index contributed by atoms with van der Waals surface area (Å²) in [6.07, 6.45) is 42.5. The van der Waals surface area contributed by atoms with Gasteiger partial charge in [0, 0.05) is 12.8 Å². The monoisotopic (exact) mass is 676 g/mol. The van der Waals surface area contributed by atoms with Gasteiger partial charge in [0.2, 0.25) is 0 Å². The first-order valence-corrected chi connectivity index (χ1v) is 19.7. The highest BCUT2D eigenvalue weighted by atomic mass is 32.3. The summed E-state index contributed by atoms with van der Waals surface area (Å²) in [7, 11) is -3.29. The van der Waals surface area contributed by atoms with Crippen molar-refractivity contribution in [2.24, 2.45) is 0 Å². The standard InChI is InChI=1S/2C18H34O2.CH4O4S/c2*1-2-3-4-5-6-7-8-9-10-11-12-13-14-15-16-17-18(19)20;1-5-6(2,3)4/h2*9-10H,2-8,11-17H2,1H3,(H,19,20);1H3,(H,2,3,4)/b2*10-9-;. The summed E-state index contributed by atoms with van der Waals surface area (Å²) in [5, 5.41) is 17.0. The van der Waals surface area contributed by atoms with Crippen LogP contribution in [0, 0.1) is 0 Å². The summed E-state index contributed by atoms with van der Waals surface area (Å²) in [4.78, 5) is 20.6. The van der Waals surface area contributed by atoms with Gasteiger partial charge >= 0.3 is 22.3 Å². The molecule has 8 nitrogen and oxygen atoms in total. The molecule has 0 saturated heterocycles. The maximum Gasteiger partial charge on any atom is 0.397 e. The second-order valence-corrected chi connectivity index (χ2v) is 13.2. The summed E-state index contributed by atoms with van der Waals surface area (Å²) >= 11 is 0. The maximum atomic E-state index is 10.3. The summed E-state index contributed by atoms with van der Waals surface area (Å²) < 4.78 is 29.7. The van der Waals surface area contributed by atoms with E-state index in [1.54, 1.807) is 0 Å². The lowest BCUT2D eigenvalue weighted by Gasteiger charge is -1.99. The molecule has 0 fully saturated rings. The fourth-order valence-electron chi connectivity index (χ4n) is 4.69. The molecular formula is C37H72O8S. The third kappa shape index (κ3) is 57.9. The van der Waals surface area contributed by atoms with E-state index in [1.807, 2.05) is 0 Å². The number of aliphatic carboxylic acids is 2. The Bertz CT molecular complexity index is 743. The largest absolute Gasteiger partial charge is 0.481 e. The first-order valence-electron chi connectivity index (χ1n) is 18.4. The topological polar surface area (TPSA) is 138 Å². The predicted molar refractivity (Wildman–Crippen MR) is 193 cm³/mol. The van der Waals surface area contributed by atoms with Crippen molar-refractivity contribution < 1.29 is 37.0 Å². The molecule has 0 unspecified atom stereocenters. The van der Waals surface area contributed by atoms with E-state index < -0.39 is 22.3 Å². The molecule has 0 atom stereocenters. The van der Waals surface area contributed by atoms with Gasteiger partial charge in [0.05, 0.1) is 7.11 Å². The van der Waals surface area contributed by atoms with Gasteiger partial charge in [0.15, 0.2) is 0 Å². The van der Waals surface area contributed by atoms with Gasteiger partial charge in [-0.1, -0.05) is 141 Å². The Morgan fingerprint density at radius 2 is 0.696 bits per heavy atom. The van der Waals surface area contributed by atoms with Gasteiger partial charge in [-0.15, -0.1) is 0 Å². The minimum Gasteiger partial charge on any atom is -0.481 e. The number of carboxylic acids is 2. The molecule has 46 heavy (non-hydrogen) atoms.